The number of nitrogens with one attached hydrogen (secondary N) is 1. The van der Waals surface area contributed by atoms with Crippen LogP contribution in [0, 0.1) is 13.8 Å². The summed E-state index contributed by atoms with van der Waals surface area (Å²) >= 11 is 0. The Morgan fingerprint density at radius 3 is 2.64 bits per heavy atom. The molecule has 25 heavy (non-hydrogen) atoms. The van der Waals surface area contributed by atoms with Crippen LogP contribution in [0.3, 0.4) is 0 Å². The molecule has 0 saturated carbocycles. The second kappa shape index (κ2) is 7.78. The molecule has 0 radical (unpaired) electrons. The van der Waals surface area contributed by atoms with Crippen molar-refractivity contribution in [2.45, 2.75) is 24.8 Å². The number of benzene rings is 1. The van der Waals surface area contributed by atoms with Crippen LogP contribution < -0.4 is 10.1 Å². The van der Waals surface area contributed by atoms with Crippen LogP contribution in [-0.4, -0.2) is 39.5 Å². The first-order chi connectivity index (χ1) is 11.4. The van der Waals surface area contributed by atoms with Gasteiger partial charge in [0.25, 0.3) is 0 Å². The van der Waals surface area contributed by atoms with E-state index in [-0.39, 0.29) is 23.3 Å². The molecular formula is C17H23ClN2O4S. The molecular weight excluding hydrogens is 364 g/mol. The van der Waals surface area contributed by atoms with Gasteiger partial charge >= 0.3 is 0 Å². The predicted octanol–water partition coefficient (Wildman–Crippen LogP) is 2.66. The number of ether oxygens (including phenoxy) is 1. The quantitative estimate of drug-likeness (QED) is 0.874. The second-order valence-corrected chi connectivity index (χ2v) is 7.71. The third-order valence-electron chi connectivity index (χ3n) is 4.27. The number of para-hydroxylation sites is 1. The molecule has 1 atom stereocenters. The molecule has 1 fully saturated rings. The maximum atomic E-state index is 13.2. The molecule has 1 aliphatic rings. The summed E-state index contributed by atoms with van der Waals surface area (Å²) in [6.07, 6.45) is 0. The minimum Gasteiger partial charge on any atom is -0.496 e. The lowest BCUT2D eigenvalue weighted by atomic mass is 10.0. The van der Waals surface area contributed by atoms with Crippen LogP contribution in [0.5, 0.6) is 5.75 Å². The van der Waals surface area contributed by atoms with Crippen LogP contribution in [0.25, 0.3) is 0 Å². The number of rotatable bonds is 4. The van der Waals surface area contributed by atoms with Crippen molar-refractivity contribution in [1.29, 1.82) is 0 Å². The summed E-state index contributed by atoms with van der Waals surface area (Å²) in [5, 5.41) is 3.27. The van der Waals surface area contributed by atoms with E-state index in [1.165, 1.54) is 0 Å². The van der Waals surface area contributed by atoms with Gasteiger partial charge in [-0.1, -0.05) is 18.2 Å². The van der Waals surface area contributed by atoms with Gasteiger partial charge in [-0.3, -0.25) is 0 Å². The highest BCUT2D eigenvalue weighted by Gasteiger charge is 2.37. The highest BCUT2D eigenvalue weighted by Crippen LogP contribution is 2.35. The molecule has 1 unspecified atom stereocenters. The van der Waals surface area contributed by atoms with Crippen molar-refractivity contribution in [3.63, 3.8) is 0 Å². The number of hydrogen-bond acceptors (Lipinski definition) is 5. The molecule has 138 valence electrons. The fourth-order valence-electron chi connectivity index (χ4n) is 3.17. The summed E-state index contributed by atoms with van der Waals surface area (Å²) in [5.74, 6) is 1.70. The molecule has 0 aliphatic carbocycles. The van der Waals surface area contributed by atoms with E-state index in [4.69, 9.17) is 9.15 Å². The van der Waals surface area contributed by atoms with Gasteiger partial charge in [0.2, 0.25) is 10.0 Å². The maximum Gasteiger partial charge on any atom is 0.247 e. The normalized spacial score (nSPS) is 18.6. The molecule has 1 N–H and O–H groups in total. The minimum absolute atomic E-state index is 0. The molecule has 2 heterocycles. The minimum atomic E-state index is -3.65. The summed E-state index contributed by atoms with van der Waals surface area (Å²) < 4.78 is 38.8. The Labute approximate surface area is 154 Å². The molecule has 6 nitrogen and oxygen atoms in total. The Morgan fingerprint density at radius 1 is 1.28 bits per heavy atom. The Morgan fingerprint density at radius 2 is 2.00 bits per heavy atom. The predicted molar refractivity (Wildman–Crippen MR) is 97.9 cm³/mol. The lowest BCUT2D eigenvalue weighted by Crippen LogP contribution is -2.48. The van der Waals surface area contributed by atoms with Gasteiger partial charge in [0, 0.05) is 25.2 Å². The van der Waals surface area contributed by atoms with Crippen LogP contribution in [0.4, 0.5) is 0 Å². The standard InChI is InChI=1S/C17H22N2O4S.ClH/c1-12-10-17(13(2)23-12)24(20,21)19-9-8-18-11-15(19)14-6-4-5-7-16(14)22-3;/h4-7,10,15,18H,8-9,11H2,1-3H3;1H. The molecule has 0 spiro atoms. The molecule has 3 rings (SSSR count). The van der Waals surface area contributed by atoms with E-state index < -0.39 is 10.0 Å². The number of nitrogens with zero attached hydrogens (tertiary/aromatic N) is 1. The Balaban J connectivity index is 0.00000225. The summed E-state index contributed by atoms with van der Waals surface area (Å²) in [4.78, 5) is 0.238. The van der Waals surface area contributed by atoms with E-state index in [2.05, 4.69) is 5.32 Å². The van der Waals surface area contributed by atoms with Crippen molar-refractivity contribution in [1.82, 2.24) is 9.62 Å². The smallest absolute Gasteiger partial charge is 0.247 e. The number of furan rings is 1. The summed E-state index contributed by atoms with van der Waals surface area (Å²) in [6.45, 7) is 4.98. The monoisotopic (exact) mass is 386 g/mol. The lowest BCUT2D eigenvalue weighted by molar-refractivity contribution is 0.264. The summed E-state index contributed by atoms with van der Waals surface area (Å²) in [6, 6.07) is 8.79. The zero-order chi connectivity index (χ0) is 17.3. The van der Waals surface area contributed by atoms with Crippen LogP contribution in [-0.2, 0) is 10.0 Å². The average Bonchev–Trinajstić information content (AvgIpc) is 2.94. The van der Waals surface area contributed by atoms with Gasteiger partial charge in [-0.2, -0.15) is 4.31 Å². The zero-order valence-electron chi connectivity index (χ0n) is 14.5. The van der Waals surface area contributed by atoms with Gasteiger partial charge in [-0.05, 0) is 26.0 Å². The molecule has 1 aromatic heterocycles. The first kappa shape index (κ1) is 19.8. The number of sulfonamides is 1. The molecule has 0 bridgehead atoms. The van der Waals surface area contributed by atoms with Crippen molar-refractivity contribution in [2.75, 3.05) is 26.7 Å². The number of hydrogen-bond donors (Lipinski definition) is 1. The fraction of sp³-hybridized carbons (Fsp3) is 0.412. The van der Waals surface area contributed by atoms with Crippen molar-refractivity contribution in [2.24, 2.45) is 0 Å². The molecule has 2 aromatic rings. The number of aryl methyl sites for hydroxylation is 2. The lowest BCUT2D eigenvalue weighted by Gasteiger charge is -2.35. The summed E-state index contributed by atoms with van der Waals surface area (Å²) in [5.41, 5.74) is 0.855. The molecule has 0 amide bonds. The number of methoxy groups -OCH3 is 1. The van der Waals surface area contributed by atoms with Crippen molar-refractivity contribution in [3.05, 3.63) is 47.4 Å². The van der Waals surface area contributed by atoms with Crippen LogP contribution >= 0.6 is 12.4 Å². The molecule has 1 aliphatic heterocycles. The van der Waals surface area contributed by atoms with Crippen molar-refractivity contribution < 1.29 is 17.6 Å². The highest BCUT2D eigenvalue weighted by molar-refractivity contribution is 7.89. The van der Waals surface area contributed by atoms with E-state index in [1.54, 1.807) is 31.3 Å². The SMILES string of the molecule is COc1ccccc1C1CNCCN1S(=O)(=O)c1cc(C)oc1C.Cl. The fourth-order valence-corrected chi connectivity index (χ4v) is 5.00. The Kier molecular flexibility index (Phi) is 6.16. The van der Waals surface area contributed by atoms with Gasteiger partial charge in [0.1, 0.15) is 22.2 Å². The van der Waals surface area contributed by atoms with Crippen LogP contribution in [0.1, 0.15) is 23.1 Å². The first-order valence-electron chi connectivity index (χ1n) is 7.87. The van der Waals surface area contributed by atoms with Gasteiger partial charge in [0.05, 0.1) is 13.2 Å². The summed E-state index contributed by atoms with van der Waals surface area (Å²) in [7, 11) is -2.06. The third-order valence-corrected chi connectivity index (χ3v) is 6.29. The zero-order valence-corrected chi connectivity index (χ0v) is 16.1. The number of halogens is 1. The highest BCUT2D eigenvalue weighted by atomic mass is 35.5. The molecule has 8 heteroatoms. The van der Waals surface area contributed by atoms with Gasteiger partial charge in [0.15, 0.2) is 0 Å². The third kappa shape index (κ3) is 3.69. The molecule has 1 aromatic carbocycles. The Hall–Kier alpha value is -1.54. The largest absolute Gasteiger partial charge is 0.496 e. The first-order valence-corrected chi connectivity index (χ1v) is 9.31. The van der Waals surface area contributed by atoms with E-state index in [0.29, 0.717) is 36.9 Å². The Bertz CT molecular complexity index is 835. The number of piperazine rings is 1. The van der Waals surface area contributed by atoms with E-state index in [1.807, 2.05) is 24.3 Å². The van der Waals surface area contributed by atoms with E-state index in [0.717, 1.165) is 5.56 Å². The van der Waals surface area contributed by atoms with Gasteiger partial charge in [-0.15, -0.1) is 12.4 Å². The van der Waals surface area contributed by atoms with E-state index in [9.17, 15) is 8.42 Å². The van der Waals surface area contributed by atoms with Crippen LogP contribution in [0.2, 0.25) is 0 Å². The van der Waals surface area contributed by atoms with Crippen LogP contribution in [0.15, 0.2) is 39.6 Å². The van der Waals surface area contributed by atoms with Crippen molar-refractivity contribution >= 4 is 22.4 Å². The van der Waals surface area contributed by atoms with Gasteiger partial charge in [-0.25, -0.2) is 8.42 Å². The van der Waals surface area contributed by atoms with E-state index >= 15 is 0 Å². The average molecular weight is 387 g/mol. The maximum absolute atomic E-state index is 13.2. The molecule has 1 saturated heterocycles. The second-order valence-electron chi connectivity index (χ2n) is 5.86. The van der Waals surface area contributed by atoms with Crippen molar-refractivity contribution in [3.8, 4) is 5.75 Å². The topological polar surface area (TPSA) is 71.8 Å². The van der Waals surface area contributed by atoms with Gasteiger partial charge < -0.3 is 14.5 Å².